The lowest BCUT2D eigenvalue weighted by Crippen LogP contribution is -2.47. The average molecular weight is 660 g/mol. The quantitative estimate of drug-likeness (QED) is 0.309. The van der Waals surface area contributed by atoms with Crippen molar-refractivity contribution in [2.24, 2.45) is 5.92 Å². The van der Waals surface area contributed by atoms with Crippen LogP contribution in [0.4, 0.5) is 5.69 Å². The maximum Gasteiger partial charge on any atom is 0.258 e. The van der Waals surface area contributed by atoms with Gasteiger partial charge in [0.2, 0.25) is 12.7 Å². The van der Waals surface area contributed by atoms with Gasteiger partial charge in [-0.2, -0.15) is 0 Å². The summed E-state index contributed by atoms with van der Waals surface area (Å²) in [7, 11) is 2.06. The van der Waals surface area contributed by atoms with Gasteiger partial charge in [-0.05, 0) is 81.6 Å². The molecule has 0 radical (unpaired) electrons. The van der Waals surface area contributed by atoms with E-state index in [1.54, 1.807) is 23.1 Å². The predicted molar refractivity (Wildman–Crippen MR) is 185 cm³/mol. The Morgan fingerprint density at radius 3 is 2.56 bits per heavy atom. The third-order valence-electron chi connectivity index (χ3n) is 8.92. The van der Waals surface area contributed by atoms with Crippen molar-refractivity contribution in [2.45, 2.75) is 71.2 Å². The van der Waals surface area contributed by atoms with Crippen molar-refractivity contribution >= 4 is 17.5 Å². The maximum absolute atomic E-state index is 14.4. The number of hydrogen-bond acceptors (Lipinski definition) is 8. The van der Waals surface area contributed by atoms with E-state index < -0.39 is 6.04 Å². The topological polar surface area (TPSA) is 110 Å². The minimum Gasteiger partial charge on any atom is -0.490 e. The zero-order chi connectivity index (χ0) is 34.0. The van der Waals surface area contributed by atoms with Crippen LogP contribution in [-0.2, 0) is 22.5 Å². The Morgan fingerprint density at radius 1 is 1.00 bits per heavy atom. The zero-order valence-corrected chi connectivity index (χ0v) is 28.5. The summed E-state index contributed by atoms with van der Waals surface area (Å²) in [6.45, 7) is 8.28. The molecule has 2 N–H and O–H groups in total. The van der Waals surface area contributed by atoms with Crippen LogP contribution in [0.3, 0.4) is 0 Å². The standard InChI is InChI=1S/C38H49N3O7/c1-26-21-41(27(2)24-42)38(44)32-20-31(39-37(43)19-29-11-6-5-7-12-29)14-16-33(32)48-28(3)10-8-9-17-45-36(26)23-40(4)22-30-13-15-34-35(18-30)47-25-46-34/h5-7,11-16,18,20,26-28,36,42H,8-10,17,19,21-25H2,1-4H3,(H,39,43)/t26-,27-,28-,36-/m0/s1. The Morgan fingerprint density at radius 2 is 1.77 bits per heavy atom. The van der Waals surface area contributed by atoms with Crippen LogP contribution in [0.1, 0.15) is 61.5 Å². The molecule has 0 saturated heterocycles. The number of amides is 2. The molecule has 0 aliphatic carbocycles. The predicted octanol–water partition coefficient (Wildman–Crippen LogP) is 5.52. The summed E-state index contributed by atoms with van der Waals surface area (Å²) >= 11 is 0. The third-order valence-corrected chi connectivity index (χ3v) is 8.92. The number of carbonyl (C=O) groups is 2. The Labute approximate surface area is 283 Å². The van der Waals surface area contributed by atoms with Crippen LogP contribution in [0, 0.1) is 5.92 Å². The monoisotopic (exact) mass is 659 g/mol. The molecule has 2 aliphatic rings. The molecule has 3 aromatic rings. The van der Waals surface area contributed by atoms with Crippen LogP contribution in [-0.4, -0.2) is 85.1 Å². The van der Waals surface area contributed by atoms with Gasteiger partial charge < -0.3 is 34.3 Å². The molecular weight excluding hydrogens is 610 g/mol. The zero-order valence-electron chi connectivity index (χ0n) is 28.5. The molecule has 4 atom stereocenters. The second kappa shape index (κ2) is 16.8. The molecule has 10 heteroatoms. The number of nitrogens with one attached hydrogen (secondary N) is 1. The molecule has 2 aliphatic heterocycles. The molecule has 5 rings (SSSR count). The Kier molecular flexibility index (Phi) is 12.3. The average Bonchev–Trinajstić information content (AvgIpc) is 3.54. The number of likely N-dealkylation sites (N-methyl/N-ethyl adjacent to an activating group) is 1. The lowest BCUT2D eigenvalue weighted by Gasteiger charge is -2.36. The van der Waals surface area contributed by atoms with E-state index in [1.165, 1.54) is 0 Å². The summed E-state index contributed by atoms with van der Waals surface area (Å²) < 4.78 is 23.9. The number of nitrogens with zero attached hydrogens (tertiary/aromatic N) is 2. The Hall–Kier alpha value is -4.12. The van der Waals surface area contributed by atoms with Gasteiger partial charge >= 0.3 is 0 Å². The number of fused-ring (bicyclic) bond motifs is 2. The first-order valence-corrected chi connectivity index (χ1v) is 16.9. The molecule has 10 nitrogen and oxygen atoms in total. The second-order valence-corrected chi connectivity index (χ2v) is 13.1. The first-order valence-electron chi connectivity index (χ1n) is 16.9. The van der Waals surface area contributed by atoms with E-state index in [1.807, 2.05) is 62.4 Å². The van der Waals surface area contributed by atoms with Gasteiger partial charge in [-0.1, -0.05) is 43.3 Å². The molecule has 48 heavy (non-hydrogen) atoms. The van der Waals surface area contributed by atoms with Crippen LogP contribution in [0.5, 0.6) is 17.2 Å². The molecule has 3 aromatic carbocycles. The fourth-order valence-electron chi connectivity index (χ4n) is 6.17. The van der Waals surface area contributed by atoms with Crippen molar-refractivity contribution in [1.29, 1.82) is 0 Å². The molecule has 2 amide bonds. The minimum absolute atomic E-state index is 0.0536. The Bertz CT molecular complexity index is 1520. The van der Waals surface area contributed by atoms with Gasteiger partial charge in [0.1, 0.15) is 5.75 Å². The largest absolute Gasteiger partial charge is 0.490 e. The van der Waals surface area contributed by atoms with Gasteiger partial charge in [-0.3, -0.25) is 14.5 Å². The van der Waals surface area contributed by atoms with E-state index in [2.05, 4.69) is 24.2 Å². The van der Waals surface area contributed by atoms with Crippen molar-refractivity contribution in [3.05, 3.63) is 83.4 Å². The van der Waals surface area contributed by atoms with E-state index >= 15 is 0 Å². The van der Waals surface area contributed by atoms with Crippen molar-refractivity contribution in [2.75, 3.05) is 45.5 Å². The van der Waals surface area contributed by atoms with E-state index in [4.69, 9.17) is 18.9 Å². The highest BCUT2D eigenvalue weighted by Crippen LogP contribution is 2.33. The van der Waals surface area contributed by atoms with Crippen LogP contribution >= 0.6 is 0 Å². The summed E-state index contributed by atoms with van der Waals surface area (Å²) in [6.07, 6.45) is 2.52. The van der Waals surface area contributed by atoms with Crippen molar-refractivity contribution in [3.63, 3.8) is 0 Å². The molecule has 0 spiro atoms. The molecular formula is C38H49N3O7. The summed E-state index contributed by atoms with van der Waals surface area (Å²) in [4.78, 5) is 31.2. The Balaban J connectivity index is 1.36. The van der Waals surface area contributed by atoms with Crippen LogP contribution in [0.15, 0.2) is 66.7 Å². The maximum atomic E-state index is 14.4. The fourth-order valence-corrected chi connectivity index (χ4v) is 6.17. The summed E-state index contributed by atoms with van der Waals surface area (Å²) in [5.74, 6) is 1.48. The molecule has 2 heterocycles. The van der Waals surface area contributed by atoms with Gasteiger partial charge in [0.05, 0.1) is 36.8 Å². The van der Waals surface area contributed by atoms with Gasteiger partial charge in [0, 0.05) is 37.8 Å². The molecule has 0 saturated carbocycles. The number of aliphatic hydroxyl groups excluding tert-OH is 1. The highest BCUT2D eigenvalue weighted by Gasteiger charge is 2.30. The third kappa shape index (κ3) is 9.49. The molecule has 0 unspecified atom stereocenters. The lowest BCUT2D eigenvalue weighted by atomic mass is 10.0. The normalized spacial score (nSPS) is 20.8. The van der Waals surface area contributed by atoms with E-state index in [0.29, 0.717) is 43.2 Å². The van der Waals surface area contributed by atoms with E-state index in [9.17, 15) is 14.7 Å². The van der Waals surface area contributed by atoms with Crippen LogP contribution in [0.25, 0.3) is 0 Å². The number of anilines is 1. The number of hydrogen-bond donors (Lipinski definition) is 2. The fraction of sp³-hybridized carbons (Fsp3) is 0.474. The first kappa shape index (κ1) is 35.2. The molecule has 0 aromatic heterocycles. The number of rotatable bonds is 9. The summed E-state index contributed by atoms with van der Waals surface area (Å²) in [5, 5.41) is 13.2. The highest BCUT2D eigenvalue weighted by molar-refractivity contribution is 6.00. The minimum atomic E-state index is -0.457. The second-order valence-electron chi connectivity index (χ2n) is 13.1. The lowest BCUT2D eigenvalue weighted by molar-refractivity contribution is -0.115. The SMILES string of the molecule is C[C@H]1CCCCO[C@@H](CN(C)Cc2ccc3c(c2)OCO3)[C@@H](C)CN([C@@H](C)CO)C(=O)c2cc(NC(=O)Cc3ccccc3)ccc2O1. The highest BCUT2D eigenvalue weighted by atomic mass is 16.7. The molecule has 0 fully saturated rings. The van der Waals surface area contributed by atoms with Crippen molar-refractivity contribution < 1.29 is 33.6 Å². The summed E-state index contributed by atoms with van der Waals surface area (Å²) in [6, 6.07) is 20.3. The van der Waals surface area contributed by atoms with E-state index in [-0.39, 0.29) is 49.8 Å². The smallest absolute Gasteiger partial charge is 0.258 e. The van der Waals surface area contributed by atoms with Crippen LogP contribution < -0.4 is 19.5 Å². The number of carbonyl (C=O) groups excluding carboxylic acids is 2. The van der Waals surface area contributed by atoms with Gasteiger partial charge in [0.25, 0.3) is 5.91 Å². The van der Waals surface area contributed by atoms with Crippen molar-refractivity contribution in [3.8, 4) is 17.2 Å². The summed E-state index contributed by atoms with van der Waals surface area (Å²) in [5.41, 5.74) is 2.87. The molecule has 0 bridgehead atoms. The van der Waals surface area contributed by atoms with Crippen molar-refractivity contribution in [1.82, 2.24) is 9.80 Å². The van der Waals surface area contributed by atoms with Gasteiger partial charge in [-0.15, -0.1) is 0 Å². The molecule has 258 valence electrons. The van der Waals surface area contributed by atoms with Gasteiger partial charge in [-0.25, -0.2) is 0 Å². The number of ether oxygens (including phenoxy) is 4. The number of aliphatic hydroxyl groups is 1. The van der Waals surface area contributed by atoms with E-state index in [0.717, 1.165) is 41.9 Å². The number of benzene rings is 3. The first-order chi connectivity index (χ1) is 23.2. The van der Waals surface area contributed by atoms with Gasteiger partial charge in [0.15, 0.2) is 11.5 Å². The van der Waals surface area contributed by atoms with Crippen LogP contribution in [0.2, 0.25) is 0 Å².